The first-order valence-corrected chi connectivity index (χ1v) is 6.38. The van der Waals surface area contributed by atoms with E-state index >= 15 is 0 Å². The van der Waals surface area contributed by atoms with Crippen LogP contribution in [0.1, 0.15) is 11.4 Å². The maximum atomic E-state index is 5.39. The molecule has 2 aromatic rings. The molecule has 1 aliphatic rings. The molecule has 7 heteroatoms. The van der Waals surface area contributed by atoms with Gasteiger partial charge in [-0.05, 0) is 17.7 Å². The first-order chi connectivity index (χ1) is 9.86. The molecule has 0 atom stereocenters. The molecule has 2 heterocycles. The van der Waals surface area contributed by atoms with Gasteiger partial charge in [0.1, 0.15) is 12.2 Å². The fourth-order valence-corrected chi connectivity index (χ4v) is 2.08. The Balaban J connectivity index is 1.57. The molecular formula is C13H16N4O3. The molecule has 2 N–H and O–H groups in total. The van der Waals surface area contributed by atoms with Gasteiger partial charge < -0.3 is 19.5 Å². The molecular weight excluding hydrogens is 260 g/mol. The zero-order valence-corrected chi connectivity index (χ0v) is 11.2. The molecule has 0 amide bonds. The van der Waals surface area contributed by atoms with Gasteiger partial charge in [0.05, 0.1) is 7.11 Å². The van der Waals surface area contributed by atoms with Crippen molar-refractivity contribution in [3.05, 3.63) is 29.8 Å². The van der Waals surface area contributed by atoms with Crippen LogP contribution in [-0.2, 0) is 13.0 Å². The minimum atomic E-state index is 0.244. The molecule has 1 aromatic heterocycles. The summed E-state index contributed by atoms with van der Waals surface area (Å²) >= 11 is 0. The smallest absolute Gasteiger partial charge is 0.231 e. The maximum absolute atomic E-state index is 5.39. The Kier molecular flexibility index (Phi) is 3.69. The van der Waals surface area contributed by atoms with E-state index in [1.165, 1.54) is 6.33 Å². The Hall–Kier alpha value is -2.28. The number of methoxy groups -OCH3 is 1. The van der Waals surface area contributed by atoms with Gasteiger partial charge in [-0.2, -0.15) is 5.10 Å². The quantitative estimate of drug-likeness (QED) is 0.762. The Labute approximate surface area is 116 Å². The number of H-pyrrole nitrogens is 1. The van der Waals surface area contributed by atoms with E-state index in [4.69, 9.17) is 14.2 Å². The first kappa shape index (κ1) is 12.7. The van der Waals surface area contributed by atoms with Gasteiger partial charge in [-0.25, -0.2) is 4.98 Å². The fourth-order valence-electron chi connectivity index (χ4n) is 2.08. The van der Waals surface area contributed by atoms with Crippen molar-refractivity contribution >= 4 is 0 Å². The summed E-state index contributed by atoms with van der Waals surface area (Å²) in [6.07, 6.45) is 2.32. The minimum Gasteiger partial charge on any atom is -0.493 e. The molecule has 1 aromatic carbocycles. The molecule has 20 heavy (non-hydrogen) atoms. The zero-order valence-electron chi connectivity index (χ0n) is 11.2. The van der Waals surface area contributed by atoms with Crippen molar-refractivity contribution in [3.63, 3.8) is 0 Å². The molecule has 0 radical (unpaired) electrons. The number of nitrogens with one attached hydrogen (secondary N) is 2. The van der Waals surface area contributed by atoms with Crippen molar-refractivity contribution in [3.8, 4) is 17.2 Å². The first-order valence-electron chi connectivity index (χ1n) is 6.38. The number of aromatic nitrogens is 3. The molecule has 0 spiro atoms. The van der Waals surface area contributed by atoms with E-state index in [1.54, 1.807) is 7.11 Å². The van der Waals surface area contributed by atoms with Gasteiger partial charge in [-0.15, -0.1) is 0 Å². The molecule has 0 saturated carbocycles. The van der Waals surface area contributed by atoms with E-state index in [2.05, 4.69) is 20.5 Å². The van der Waals surface area contributed by atoms with Crippen molar-refractivity contribution in [1.82, 2.24) is 20.5 Å². The number of ether oxygens (including phenoxy) is 3. The Bertz CT molecular complexity index is 571. The van der Waals surface area contributed by atoms with Gasteiger partial charge in [0.15, 0.2) is 11.5 Å². The van der Waals surface area contributed by atoms with E-state index < -0.39 is 0 Å². The van der Waals surface area contributed by atoms with Crippen LogP contribution in [0.5, 0.6) is 17.2 Å². The predicted octanol–water partition coefficient (Wildman–Crippen LogP) is 0.874. The predicted molar refractivity (Wildman–Crippen MR) is 70.9 cm³/mol. The molecule has 3 rings (SSSR count). The number of benzene rings is 1. The van der Waals surface area contributed by atoms with Crippen molar-refractivity contribution in [1.29, 1.82) is 0 Å². The lowest BCUT2D eigenvalue weighted by molar-refractivity contribution is 0.171. The highest BCUT2D eigenvalue weighted by molar-refractivity contribution is 5.55. The lowest BCUT2D eigenvalue weighted by Crippen LogP contribution is -2.17. The second-order valence-corrected chi connectivity index (χ2v) is 4.39. The van der Waals surface area contributed by atoms with Gasteiger partial charge in [0.25, 0.3) is 0 Å². The summed E-state index contributed by atoms with van der Waals surface area (Å²) in [5, 5.41) is 9.98. The monoisotopic (exact) mass is 276 g/mol. The van der Waals surface area contributed by atoms with Crippen LogP contribution in [0.4, 0.5) is 0 Å². The summed E-state index contributed by atoms with van der Waals surface area (Å²) in [6.45, 7) is 1.78. The summed E-state index contributed by atoms with van der Waals surface area (Å²) in [4.78, 5) is 4.07. The van der Waals surface area contributed by atoms with E-state index in [0.717, 1.165) is 36.6 Å². The lowest BCUT2D eigenvalue weighted by Gasteiger charge is -2.09. The largest absolute Gasteiger partial charge is 0.493 e. The molecule has 0 unspecified atom stereocenters. The zero-order chi connectivity index (χ0) is 13.8. The topological polar surface area (TPSA) is 81.3 Å². The number of hydrogen-bond donors (Lipinski definition) is 2. The Morgan fingerprint density at radius 2 is 2.35 bits per heavy atom. The van der Waals surface area contributed by atoms with E-state index in [1.807, 2.05) is 12.1 Å². The second kappa shape index (κ2) is 5.79. The van der Waals surface area contributed by atoms with Gasteiger partial charge in [-0.3, -0.25) is 5.10 Å². The summed E-state index contributed by atoms with van der Waals surface area (Å²) in [5.41, 5.74) is 1.09. The third-order valence-corrected chi connectivity index (χ3v) is 3.05. The van der Waals surface area contributed by atoms with E-state index in [9.17, 15) is 0 Å². The van der Waals surface area contributed by atoms with E-state index in [0.29, 0.717) is 11.5 Å². The van der Waals surface area contributed by atoms with Crippen molar-refractivity contribution in [2.24, 2.45) is 0 Å². The number of rotatable bonds is 6. The van der Waals surface area contributed by atoms with Crippen LogP contribution >= 0.6 is 0 Å². The van der Waals surface area contributed by atoms with Crippen LogP contribution in [0.15, 0.2) is 18.5 Å². The van der Waals surface area contributed by atoms with Crippen LogP contribution < -0.4 is 19.5 Å². The molecule has 0 bridgehead atoms. The summed E-state index contributed by atoms with van der Waals surface area (Å²) in [7, 11) is 1.62. The van der Waals surface area contributed by atoms with Gasteiger partial charge in [0, 0.05) is 19.5 Å². The molecule has 0 aliphatic carbocycles. The second-order valence-electron chi connectivity index (χ2n) is 4.39. The molecule has 106 valence electrons. The highest BCUT2D eigenvalue weighted by Gasteiger charge is 2.19. The number of fused-ring (bicyclic) bond motifs is 1. The summed E-state index contributed by atoms with van der Waals surface area (Å²) < 4.78 is 16.1. The number of nitrogens with zero attached hydrogens (tertiary/aromatic N) is 2. The number of aromatic amines is 1. The van der Waals surface area contributed by atoms with Crippen LogP contribution in [0.25, 0.3) is 0 Å². The van der Waals surface area contributed by atoms with Gasteiger partial charge >= 0.3 is 0 Å². The average molecular weight is 276 g/mol. The molecule has 7 nitrogen and oxygen atoms in total. The van der Waals surface area contributed by atoms with Crippen LogP contribution in [0.3, 0.4) is 0 Å². The standard InChI is InChI=1S/C13H16N4O3/c1-18-10-4-9(5-11-13(10)20-8-19-11)6-14-3-2-12-15-7-16-17-12/h4-5,7,14H,2-3,6,8H2,1H3,(H,15,16,17). The summed E-state index contributed by atoms with van der Waals surface area (Å²) in [5.74, 6) is 2.99. The Morgan fingerprint density at radius 1 is 1.40 bits per heavy atom. The fraction of sp³-hybridized carbons (Fsp3) is 0.385. The lowest BCUT2D eigenvalue weighted by atomic mass is 10.2. The number of hydrogen-bond acceptors (Lipinski definition) is 6. The van der Waals surface area contributed by atoms with E-state index in [-0.39, 0.29) is 6.79 Å². The third-order valence-electron chi connectivity index (χ3n) is 3.05. The van der Waals surface area contributed by atoms with Crippen LogP contribution in [0.2, 0.25) is 0 Å². The van der Waals surface area contributed by atoms with Crippen LogP contribution in [0, 0.1) is 0 Å². The highest BCUT2D eigenvalue weighted by Crippen LogP contribution is 2.41. The normalized spacial score (nSPS) is 12.7. The van der Waals surface area contributed by atoms with Crippen molar-refractivity contribution in [2.45, 2.75) is 13.0 Å². The van der Waals surface area contributed by atoms with Crippen LogP contribution in [-0.4, -0.2) is 35.6 Å². The molecule has 1 aliphatic heterocycles. The third kappa shape index (κ3) is 2.67. The summed E-state index contributed by atoms with van der Waals surface area (Å²) in [6, 6.07) is 3.92. The van der Waals surface area contributed by atoms with Crippen molar-refractivity contribution in [2.75, 3.05) is 20.4 Å². The van der Waals surface area contributed by atoms with Gasteiger partial charge in [0.2, 0.25) is 12.5 Å². The van der Waals surface area contributed by atoms with Crippen molar-refractivity contribution < 1.29 is 14.2 Å². The maximum Gasteiger partial charge on any atom is 0.231 e. The SMILES string of the molecule is COc1cc(CNCCc2ncn[nH]2)cc2c1OCO2. The molecule has 0 saturated heterocycles. The molecule has 0 fully saturated rings. The van der Waals surface area contributed by atoms with Gasteiger partial charge in [-0.1, -0.05) is 0 Å². The Morgan fingerprint density at radius 3 is 3.15 bits per heavy atom. The minimum absolute atomic E-state index is 0.244. The average Bonchev–Trinajstić information content (AvgIpc) is 3.13. The highest BCUT2D eigenvalue weighted by atomic mass is 16.7.